The Hall–Kier alpha value is -0.120. The van der Waals surface area contributed by atoms with Crippen molar-refractivity contribution in [1.82, 2.24) is 4.90 Å². The van der Waals surface area contributed by atoms with Crippen molar-refractivity contribution in [3.63, 3.8) is 0 Å². The maximum atomic E-state index is 5.53. The highest BCUT2D eigenvalue weighted by atomic mass is 16.5. The fraction of sp³-hybridized carbons (Fsp3) is 1.00. The lowest BCUT2D eigenvalue weighted by molar-refractivity contribution is 0.128. The van der Waals surface area contributed by atoms with E-state index in [2.05, 4.69) is 25.7 Å². The number of rotatable bonds is 10. The predicted octanol–water partition coefficient (Wildman–Crippen LogP) is 1.97. The average Bonchev–Trinajstić information content (AvgIpc) is 2.22. The number of methoxy groups -OCH3 is 1. The van der Waals surface area contributed by atoms with Crippen molar-refractivity contribution < 1.29 is 4.74 Å². The molecule has 0 heterocycles. The Bertz CT molecular complexity index is 151. The molecular weight excluding hydrogens is 200 g/mol. The summed E-state index contributed by atoms with van der Waals surface area (Å²) in [5, 5.41) is 0. The van der Waals surface area contributed by atoms with Gasteiger partial charge in [-0.15, -0.1) is 0 Å². The van der Waals surface area contributed by atoms with E-state index in [-0.39, 0.29) is 0 Å². The summed E-state index contributed by atoms with van der Waals surface area (Å²) in [5.41, 5.74) is 5.53. The first-order valence-electron chi connectivity index (χ1n) is 6.51. The maximum Gasteiger partial charge on any atom is 0.0589 e. The Morgan fingerprint density at radius 3 is 2.38 bits per heavy atom. The van der Waals surface area contributed by atoms with Crippen LogP contribution in [-0.4, -0.2) is 44.8 Å². The van der Waals surface area contributed by atoms with E-state index in [1.54, 1.807) is 7.11 Å². The lowest BCUT2D eigenvalue weighted by Crippen LogP contribution is -2.34. The van der Waals surface area contributed by atoms with Crippen LogP contribution in [0.5, 0.6) is 0 Å². The van der Waals surface area contributed by atoms with Crippen LogP contribution in [0.25, 0.3) is 0 Å². The van der Waals surface area contributed by atoms with Crippen LogP contribution in [-0.2, 0) is 4.74 Å². The monoisotopic (exact) mass is 230 g/mol. The van der Waals surface area contributed by atoms with Crippen molar-refractivity contribution >= 4 is 0 Å². The first-order chi connectivity index (χ1) is 7.60. The molecule has 0 spiro atoms. The van der Waals surface area contributed by atoms with Crippen LogP contribution in [0.3, 0.4) is 0 Å². The molecule has 0 aromatic rings. The second-order valence-corrected chi connectivity index (χ2v) is 5.18. The molecule has 0 radical (unpaired) electrons. The molecule has 16 heavy (non-hydrogen) atoms. The third-order valence-electron chi connectivity index (χ3n) is 2.71. The van der Waals surface area contributed by atoms with Crippen LogP contribution >= 0.6 is 0 Å². The number of hydrogen-bond acceptors (Lipinski definition) is 3. The minimum Gasteiger partial charge on any atom is -0.383 e. The lowest BCUT2D eigenvalue weighted by Gasteiger charge is -2.27. The van der Waals surface area contributed by atoms with Gasteiger partial charge in [0.2, 0.25) is 0 Å². The van der Waals surface area contributed by atoms with E-state index < -0.39 is 0 Å². The molecule has 0 rings (SSSR count). The van der Waals surface area contributed by atoms with Crippen LogP contribution in [0, 0.1) is 11.8 Å². The lowest BCUT2D eigenvalue weighted by atomic mass is 10.0. The smallest absolute Gasteiger partial charge is 0.0589 e. The summed E-state index contributed by atoms with van der Waals surface area (Å²) in [7, 11) is 1.77. The van der Waals surface area contributed by atoms with Crippen molar-refractivity contribution in [2.45, 2.75) is 33.6 Å². The fourth-order valence-corrected chi connectivity index (χ4v) is 1.99. The Kier molecular flexibility index (Phi) is 9.99. The third-order valence-corrected chi connectivity index (χ3v) is 2.71. The highest BCUT2D eigenvalue weighted by molar-refractivity contribution is 4.65. The Morgan fingerprint density at radius 2 is 1.88 bits per heavy atom. The van der Waals surface area contributed by atoms with Crippen molar-refractivity contribution in [2.24, 2.45) is 17.6 Å². The van der Waals surface area contributed by atoms with Gasteiger partial charge in [0.15, 0.2) is 0 Å². The zero-order valence-electron chi connectivity index (χ0n) is 11.5. The van der Waals surface area contributed by atoms with Crippen molar-refractivity contribution in [2.75, 3.05) is 39.9 Å². The summed E-state index contributed by atoms with van der Waals surface area (Å²) < 4.78 is 5.15. The summed E-state index contributed by atoms with van der Waals surface area (Å²) in [6.45, 7) is 11.9. The molecule has 1 atom stereocenters. The Morgan fingerprint density at radius 1 is 1.19 bits per heavy atom. The summed E-state index contributed by atoms with van der Waals surface area (Å²) in [6, 6.07) is 0. The summed E-state index contributed by atoms with van der Waals surface area (Å²) >= 11 is 0. The molecule has 3 heteroatoms. The van der Waals surface area contributed by atoms with Gasteiger partial charge in [-0.2, -0.15) is 0 Å². The molecule has 0 bridgehead atoms. The first kappa shape index (κ1) is 15.9. The first-order valence-corrected chi connectivity index (χ1v) is 6.51. The van der Waals surface area contributed by atoms with E-state index in [9.17, 15) is 0 Å². The van der Waals surface area contributed by atoms with Crippen LogP contribution in [0.2, 0.25) is 0 Å². The zero-order valence-corrected chi connectivity index (χ0v) is 11.5. The molecule has 0 fully saturated rings. The fourth-order valence-electron chi connectivity index (χ4n) is 1.99. The van der Waals surface area contributed by atoms with Crippen molar-refractivity contribution in [1.29, 1.82) is 0 Å². The molecule has 0 amide bonds. The number of nitrogens with zero attached hydrogens (tertiary/aromatic N) is 1. The van der Waals surface area contributed by atoms with Crippen molar-refractivity contribution in [3.8, 4) is 0 Å². The topological polar surface area (TPSA) is 38.5 Å². The molecule has 0 aliphatic carbocycles. The molecule has 0 saturated heterocycles. The summed E-state index contributed by atoms with van der Waals surface area (Å²) in [4.78, 5) is 2.51. The van der Waals surface area contributed by atoms with E-state index >= 15 is 0 Å². The van der Waals surface area contributed by atoms with E-state index in [0.29, 0.717) is 0 Å². The van der Waals surface area contributed by atoms with Gasteiger partial charge in [-0.25, -0.2) is 0 Å². The highest BCUT2D eigenvalue weighted by Crippen LogP contribution is 2.09. The molecular formula is C13H30N2O. The van der Waals surface area contributed by atoms with Gasteiger partial charge in [0.25, 0.3) is 0 Å². The standard InChI is InChI=1S/C13H30N2O/c1-12(2)10-15(8-9-16-4)11-13(3)6-5-7-14/h12-13H,5-11,14H2,1-4H3. The molecule has 3 nitrogen and oxygen atoms in total. The van der Waals surface area contributed by atoms with Crippen LogP contribution in [0.15, 0.2) is 0 Å². The largest absolute Gasteiger partial charge is 0.383 e. The summed E-state index contributed by atoms with van der Waals surface area (Å²) in [6.07, 6.45) is 2.37. The normalized spacial score (nSPS) is 13.7. The van der Waals surface area contributed by atoms with Gasteiger partial charge in [0.1, 0.15) is 0 Å². The number of hydrogen-bond donors (Lipinski definition) is 1. The average molecular weight is 230 g/mol. The van der Waals surface area contributed by atoms with Gasteiger partial charge < -0.3 is 15.4 Å². The number of nitrogens with two attached hydrogens (primary N) is 1. The van der Waals surface area contributed by atoms with E-state index in [0.717, 1.165) is 44.5 Å². The molecule has 0 saturated carbocycles. The molecule has 0 aliphatic heterocycles. The van der Waals surface area contributed by atoms with E-state index in [4.69, 9.17) is 10.5 Å². The molecule has 2 N–H and O–H groups in total. The molecule has 0 aliphatic rings. The highest BCUT2D eigenvalue weighted by Gasteiger charge is 2.11. The minimum absolute atomic E-state index is 0.721. The SMILES string of the molecule is COCCN(CC(C)C)CC(C)CCCN. The second kappa shape index (κ2) is 10.1. The van der Waals surface area contributed by atoms with Gasteiger partial charge in [0, 0.05) is 26.7 Å². The zero-order chi connectivity index (χ0) is 12.4. The Balaban J connectivity index is 3.87. The van der Waals surface area contributed by atoms with E-state index in [1.807, 2.05) is 0 Å². The second-order valence-electron chi connectivity index (χ2n) is 5.18. The van der Waals surface area contributed by atoms with Crippen molar-refractivity contribution in [3.05, 3.63) is 0 Å². The quantitative estimate of drug-likeness (QED) is 0.623. The van der Waals surface area contributed by atoms with Crippen LogP contribution in [0.1, 0.15) is 33.6 Å². The van der Waals surface area contributed by atoms with E-state index in [1.165, 1.54) is 13.0 Å². The van der Waals surface area contributed by atoms with Gasteiger partial charge >= 0.3 is 0 Å². The Labute approximate surface area is 101 Å². The minimum atomic E-state index is 0.721. The van der Waals surface area contributed by atoms with Gasteiger partial charge in [0.05, 0.1) is 6.61 Å². The van der Waals surface area contributed by atoms with Gasteiger partial charge in [-0.1, -0.05) is 20.8 Å². The predicted molar refractivity (Wildman–Crippen MR) is 70.6 cm³/mol. The van der Waals surface area contributed by atoms with Crippen LogP contribution in [0.4, 0.5) is 0 Å². The van der Waals surface area contributed by atoms with Gasteiger partial charge in [-0.05, 0) is 31.2 Å². The van der Waals surface area contributed by atoms with Crippen LogP contribution < -0.4 is 5.73 Å². The molecule has 98 valence electrons. The maximum absolute atomic E-state index is 5.53. The molecule has 1 unspecified atom stereocenters. The molecule has 0 aromatic heterocycles. The number of ether oxygens (including phenoxy) is 1. The van der Waals surface area contributed by atoms with Gasteiger partial charge in [-0.3, -0.25) is 0 Å². The molecule has 0 aromatic carbocycles. The summed E-state index contributed by atoms with van der Waals surface area (Å²) in [5.74, 6) is 1.46. The third kappa shape index (κ3) is 9.13.